The van der Waals surface area contributed by atoms with Crippen LogP contribution < -0.4 is 16.0 Å². The molecule has 1 saturated heterocycles. The topological polar surface area (TPSA) is 65.5 Å². The highest BCUT2D eigenvalue weighted by atomic mass is 32.2. The van der Waals surface area contributed by atoms with Gasteiger partial charge in [-0.1, -0.05) is 12.1 Å². The Labute approximate surface area is 155 Å². The van der Waals surface area contributed by atoms with Crippen LogP contribution in [0.2, 0.25) is 0 Å². The average Bonchev–Trinajstić information content (AvgIpc) is 3.05. The van der Waals surface area contributed by atoms with Crippen LogP contribution in [0.15, 0.2) is 29.3 Å². The molecule has 1 heterocycles. The Kier molecular flexibility index (Phi) is 7.62. The number of aliphatic imine (C=N–C) groups is 1. The highest BCUT2D eigenvalue weighted by Crippen LogP contribution is 2.36. The van der Waals surface area contributed by atoms with E-state index in [1.165, 1.54) is 18.6 Å². The number of benzene rings is 1. The predicted molar refractivity (Wildman–Crippen MR) is 107 cm³/mol. The zero-order valence-corrected chi connectivity index (χ0v) is 16.3. The number of carbonyl (C=O) groups excluding carboxylic acids is 1. The average molecular weight is 363 g/mol. The molecule has 1 amide bonds. The molecule has 1 fully saturated rings. The molecule has 0 saturated carbocycles. The Hall–Kier alpha value is -1.69. The fourth-order valence-corrected chi connectivity index (χ4v) is 4.08. The Balaban J connectivity index is 1.98. The van der Waals surface area contributed by atoms with Crippen molar-refractivity contribution in [1.82, 2.24) is 16.0 Å². The van der Waals surface area contributed by atoms with E-state index in [2.05, 4.69) is 34.8 Å². The number of thioether (sulfide) groups is 1. The van der Waals surface area contributed by atoms with E-state index in [1.807, 2.05) is 43.0 Å². The summed E-state index contributed by atoms with van der Waals surface area (Å²) in [7, 11) is 0. The van der Waals surface area contributed by atoms with Gasteiger partial charge in [-0.3, -0.25) is 4.79 Å². The van der Waals surface area contributed by atoms with E-state index in [1.54, 1.807) is 0 Å². The zero-order valence-electron chi connectivity index (χ0n) is 15.5. The molecule has 0 bridgehead atoms. The fourth-order valence-electron chi connectivity index (χ4n) is 2.83. The standard InChI is InChI=1S/C19H30N4OS/c1-4-20-17(24)16-9-6-8-15(12-16)13-22-18(21-5-2)23-14-19(3)10-7-11-25-19/h6,8-9,12H,4-5,7,10-11,13-14H2,1-3H3,(H,20,24)(H2,21,22,23). The molecule has 2 rings (SSSR count). The summed E-state index contributed by atoms with van der Waals surface area (Å²) in [5, 5.41) is 9.60. The van der Waals surface area contributed by atoms with Crippen LogP contribution in [0.4, 0.5) is 0 Å². The monoisotopic (exact) mass is 362 g/mol. The number of hydrogen-bond acceptors (Lipinski definition) is 3. The lowest BCUT2D eigenvalue weighted by atomic mass is 10.1. The quantitative estimate of drug-likeness (QED) is 0.515. The van der Waals surface area contributed by atoms with Crippen LogP contribution >= 0.6 is 11.8 Å². The largest absolute Gasteiger partial charge is 0.357 e. The van der Waals surface area contributed by atoms with E-state index in [4.69, 9.17) is 0 Å². The van der Waals surface area contributed by atoms with Crippen molar-refractivity contribution >= 4 is 23.6 Å². The highest BCUT2D eigenvalue weighted by molar-refractivity contribution is 8.00. The van der Waals surface area contributed by atoms with Crippen LogP contribution in [0.25, 0.3) is 0 Å². The van der Waals surface area contributed by atoms with Crippen molar-refractivity contribution in [2.24, 2.45) is 4.99 Å². The third-order valence-corrected chi connectivity index (χ3v) is 5.76. The van der Waals surface area contributed by atoms with Crippen molar-refractivity contribution in [2.75, 3.05) is 25.4 Å². The molecule has 0 aliphatic carbocycles. The second kappa shape index (κ2) is 9.70. The van der Waals surface area contributed by atoms with Crippen molar-refractivity contribution in [3.05, 3.63) is 35.4 Å². The number of rotatable bonds is 7. The number of hydrogen-bond donors (Lipinski definition) is 3. The van der Waals surface area contributed by atoms with Crippen LogP contribution in [0.3, 0.4) is 0 Å². The highest BCUT2D eigenvalue weighted by Gasteiger charge is 2.29. The lowest BCUT2D eigenvalue weighted by molar-refractivity contribution is 0.0955. The fraction of sp³-hybridized carbons (Fsp3) is 0.579. The van der Waals surface area contributed by atoms with Crippen molar-refractivity contribution < 1.29 is 4.79 Å². The molecule has 1 aromatic rings. The number of amides is 1. The van der Waals surface area contributed by atoms with Crippen molar-refractivity contribution in [2.45, 2.75) is 44.9 Å². The summed E-state index contributed by atoms with van der Waals surface area (Å²) < 4.78 is 0.300. The van der Waals surface area contributed by atoms with Gasteiger partial charge >= 0.3 is 0 Å². The molecular formula is C19H30N4OS. The SMILES string of the molecule is CCNC(=O)c1cccc(CN=C(NCC)NCC2(C)CCCS2)c1. The molecule has 6 heteroatoms. The van der Waals surface area contributed by atoms with E-state index >= 15 is 0 Å². The summed E-state index contributed by atoms with van der Waals surface area (Å²) in [4.78, 5) is 16.6. The van der Waals surface area contributed by atoms with Crippen molar-refractivity contribution in [3.8, 4) is 0 Å². The molecule has 1 aromatic carbocycles. The molecule has 0 spiro atoms. The third kappa shape index (κ3) is 6.27. The molecule has 1 atom stereocenters. The maximum atomic E-state index is 11.9. The van der Waals surface area contributed by atoms with Gasteiger partial charge in [0.15, 0.2) is 5.96 Å². The minimum atomic E-state index is -0.0375. The van der Waals surface area contributed by atoms with Gasteiger partial charge in [0, 0.05) is 29.9 Å². The number of guanidine groups is 1. The maximum Gasteiger partial charge on any atom is 0.251 e. The third-order valence-electron chi connectivity index (χ3n) is 4.22. The molecule has 1 aliphatic rings. The molecule has 1 aliphatic heterocycles. The second-order valence-electron chi connectivity index (χ2n) is 6.51. The molecule has 3 N–H and O–H groups in total. The molecule has 25 heavy (non-hydrogen) atoms. The minimum absolute atomic E-state index is 0.0375. The molecule has 5 nitrogen and oxygen atoms in total. The van der Waals surface area contributed by atoms with Crippen LogP contribution in [0, 0.1) is 0 Å². The number of carbonyl (C=O) groups is 1. The first-order chi connectivity index (χ1) is 12.1. The van der Waals surface area contributed by atoms with Gasteiger partial charge in [-0.05, 0) is 57.1 Å². The molecule has 0 radical (unpaired) electrons. The van der Waals surface area contributed by atoms with Gasteiger partial charge in [0.2, 0.25) is 0 Å². The normalized spacial score (nSPS) is 20.4. The summed E-state index contributed by atoms with van der Waals surface area (Å²) in [5.74, 6) is 2.04. The first kappa shape index (κ1) is 19.6. The molecule has 1 unspecified atom stereocenters. The van der Waals surface area contributed by atoms with Crippen LogP contribution in [-0.2, 0) is 6.54 Å². The van der Waals surface area contributed by atoms with Crippen LogP contribution in [0.5, 0.6) is 0 Å². The summed E-state index contributed by atoms with van der Waals surface area (Å²) in [6.45, 7) is 9.23. The second-order valence-corrected chi connectivity index (χ2v) is 8.19. The van der Waals surface area contributed by atoms with Gasteiger partial charge in [-0.15, -0.1) is 0 Å². The lowest BCUT2D eigenvalue weighted by Crippen LogP contribution is -2.43. The Morgan fingerprint density at radius 3 is 2.72 bits per heavy atom. The summed E-state index contributed by atoms with van der Waals surface area (Å²) in [6, 6.07) is 7.65. The molecule has 0 aromatic heterocycles. The van der Waals surface area contributed by atoms with Gasteiger partial charge < -0.3 is 16.0 Å². The number of nitrogens with one attached hydrogen (secondary N) is 3. The predicted octanol–water partition coefficient (Wildman–Crippen LogP) is 2.78. The van der Waals surface area contributed by atoms with Crippen molar-refractivity contribution in [3.63, 3.8) is 0 Å². The first-order valence-corrected chi connectivity index (χ1v) is 10.1. The van der Waals surface area contributed by atoms with Gasteiger partial charge in [0.05, 0.1) is 6.54 Å². The van der Waals surface area contributed by atoms with E-state index in [-0.39, 0.29) is 5.91 Å². The molecular weight excluding hydrogens is 332 g/mol. The Bertz CT molecular complexity index is 597. The lowest BCUT2D eigenvalue weighted by Gasteiger charge is -2.24. The van der Waals surface area contributed by atoms with Gasteiger partial charge in [0.25, 0.3) is 5.91 Å². The van der Waals surface area contributed by atoms with Gasteiger partial charge in [0.1, 0.15) is 0 Å². The Morgan fingerprint density at radius 1 is 1.24 bits per heavy atom. The zero-order chi connectivity index (χ0) is 18.1. The summed E-state index contributed by atoms with van der Waals surface area (Å²) in [5.41, 5.74) is 1.71. The summed E-state index contributed by atoms with van der Waals surface area (Å²) in [6.07, 6.45) is 2.54. The smallest absolute Gasteiger partial charge is 0.251 e. The summed E-state index contributed by atoms with van der Waals surface area (Å²) >= 11 is 2.04. The van der Waals surface area contributed by atoms with Gasteiger partial charge in [-0.25, -0.2) is 4.99 Å². The maximum absolute atomic E-state index is 11.9. The van der Waals surface area contributed by atoms with Gasteiger partial charge in [-0.2, -0.15) is 11.8 Å². The van der Waals surface area contributed by atoms with E-state index < -0.39 is 0 Å². The first-order valence-electron chi connectivity index (χ1n) is 9.09. The van der Waals surface area contributed by atoms with E-state index in [0.717, 1.165) is 24.6 Å². The molecule has 138 valence electrons. The minimum Gasteiger partial charge on any atom is -0.357 e. The number of nitrogens with zero attached hydrogens (tertiary/aromatic N) is 1. The van der Waals surface area contributed by atoms with E-state index in [0.29, 0.717) is 23.4 Å². The van der Waals surface area contributed by atoms with Crippen LogP contribution in [0.1, 0.15) is 49.5 Å². The van der Waals surface area contributed by atoms with E-state index in [9.17, 15) is 4.79 Å². The van der Waals surface area contributed by atoms with Crippen LogP contribution in [-0.4, -0.2) is 42.0 Å². The van der Waals surface area contributed by atoms with Crippen molar-refractivity contribution in [1.29, 1.82) is 0 Å². The Morgan fingerprint density at radius 2 is 2.04 bits per heavy atom.